The monoisotopic (exact) mass is 347 g/mol. The van der Waals surface area contributed by atoms with Gasteiger partial charge in [-0.1, -0.05) is 47.3 Å². The van der Waals surface area contributed by atoms with E-state index in [2.05, 4.69) is 74.1 Å². The number of hydrogen-bond acceptors (Lipinski definition) is 2. The van der Waals surface area contributed by atoms with Crippen LogP contribution in [0.3, 0.4) is 0 Å². The van der Waals surface area contributed by atoms with Crippen LogP contribution in [0, 0.1) is 18.8 Å². The summed E-state index contributed by atoms with van der Waals surface area (Å²) in [7, 11) is 2.23. The van der Waals surface area contributed by atoms with Crippen molar-refractivity contribution in [3.8, 4) is 11.8 Å². The van der Waals surface area contributed by atoms with Crippen LogP contribution in [0.15, 0.2) is 52.5 Å². The largest absolute Gasteiger partial charge is 0.306 e. The van der Waals surface area contributed by atoms with Crippen molar-refractivity contribution in [2.24, 2.45) is 0 Å². The number of nitrogens with zero attached hydrogens (tertiary/aromatic N) is 1. The van der Waals surface area contributed by atoms with Crippen LogP contribution in [0.5, 0.6) is 0 Å². The first-order chi connectivity index (χ1) is 12.1. The second kappa shape index (κ2) is 6.56. The lowest BCUT2D eigenvalue weighted by molar-refractivity contribution is 0.312. The smallest absolute Gasteiger partial charge is 0.0760 e. The minimum atomic E-state index is -0.0664. The van der Waals surface area contributed by atoms with Gasteiger partial charge in [-0.25, -0.2) is 0 Å². The minimum absolute atomic E-state index is 0.0664. The number of aryl methyl sites for hydroxylation is 1. The van der Waals surface area contributed by atoms with E-state index in [1.165, 1.54) is 34.4 Å². The van der Waals surface area contributed by atoms with E-state index < -0.39 is 0 Å². The van der Waals surface area contributed by atoms with E-state index in [9.17, 15) is 0 Å². The first-order valence-corrected chi connectivity index (χ1v) is 9.97. The lowest BCUT2D eigenvalue weighted by Crippen LogP contribution is -2.29. The van der Waals surface area contributed by atoms with Gasteiger partial charge in [0.05, 0.1) is 4.75 Å². The number of fused-ring (bicyclic) bond motifs is 1. The van der Waals surface area contributed by atoms with E-state index in [4.69, 9.17) is 0 Å². The van der Waals surface area contributed by atoms with Crippen LogP contribution < -0.4 is 0 Å². The van der Waals surface area contributed by atoms with Crippen molar-refractivity contribution in [3.63, 3.8) is 0 Å². The van der Waals surface area contributed by atoms with Gasteiger partial charge in [0.15, 0.2) is 0 Å². The fourth-order valence-corrected chi connectivity index (χ4v) is 5.50. The first-order valence-electron chi connectivity index (χ1n) is 9.15. The van der Waals surface area contributed by atoms with E-state index >= 15 is 0 Å². The maximum Gasteiger partial charge on any atom is 0.0760 e. The highest BCUT2D eigenvalue weighted by Gasteiger charge is 2.43. The standard InChI is InChI=1S/C23H25NS/c1-17-10-11-21-20(16-17)22(18-12-14-24(3)15-13-18)23(2,25-21)19-8-6-4-5-7-9-19/h4,6,8,10-11,16H,5,12-15H2,1-3H3. The number of piperidine rings is 1. The predicted octanol–water partition coefficient (Wildman–Crippen LogP) is 5.23. The molecule has 0 spiro atoms. The molecule has 0 aromatic heterocycles. The number of likely N-dealkylation sites (tertiary alicyclic amines) is 1. The summed E-state index contributed by atoms with van der Waals surface area (Å²) in [6.07, 6.45) is 9.75. The second-order valence-electron chi connectivity index (χ2n) is 7.43. The van der Waals surface area contributed by atoms with Gasteiger partial charge in [-0.2, -0.15) is 0 Å². The molecule has 1 nitrogen and oxygen atoms in total. The average Bonchev–Trinajstić information content (AvgIpc) is 2.78. The van der Waals surface area contributed by atoms with Crippen molar-refractivity contribution in [2.75, 3.05) is 20.1 Å². The number of allylic oxidation sites excluding steroid dienone is 3. The number of thioether (sulfide) groups is 1. The van der Waals surface area contributed by atoms with E-state index in [0.717, 1.165) is 19.5 Å². The molecule has 0 radical (unpaired) electrons. The van der Waals surface area contributed by atoms with Gasteiger partial charge in [-0.15, -0.1) is 11.8 Å². The molecule has 0 bridgehead atoms. The second-order valence-corrected chi connectivity index (χ2v) is 8.89. The highest BCUT2D eigenvalue weighted by atomic mass is 32.2. The zero-order valence-electron chi connectivity index (χ0n) is 15.4. The topological polar surface area (TPSA) is 3.24 Å². The summed E-state index contributed by atoms with van der Waals surface area (Å²) in [6.45, 7) is 6.90. The number of hydrogen-bond donors (Lipinski definition) is 0. The van der Waals surface area contributed by atoms with Crippen molar-refractivity contribution < 1.29 is 0 Å². The summed E-state index contributed by atoms with van der Waals surface area (Å²) in [5.41, 5.74) is 7.22. The highest BCUT2D eigenvalue weighted by Crippen LogP contribution is 2.58. The third-order valence-corrected chi connectivity index (χ3v) is 6.90. The van der Waals surface area contributed by atoms with Crippen LogP contribution in [-0.2, 0) is 0 Å². The quantitative estimate of drug-likeness (QED) is 0.640. The van der Waals surface area contributed by atoms with Gasteiger partial charge in [-0.3, -0.25) is 0 Å². The van der Waals surface area contributed by atoms with Gasteiger partial charge in [0.2, 0.25) is 0 Å². The van der Waals surface area contributed by atoms with Crippen molar-refractivity contribution >= 4 is 17.3 Å². The Morgan fingerprint density at radius 2 is 2.00 bits per heavy atom. The highest BCUT2D eigenvalue weighted by molar-refractivity contribution is 8.01. The van der Waals surface area contributed by atoms with Gasteiger partial charge < -0.3 is 4.90 Å². The molecule has 128 valence electrons. The Morgan fingerprint density at radius 3 is 2.80 bits per heavy atom. The number of benzene rings is 1. The zero-order chi connectivity index (χ0) is 17.4. The lowest BCUT2D eigenvalue weighted by atomic mass is 9.81. The fraction of sp³-hybridized carbons (Fsp3) is 0.391. The molecule has 1 saturated heterocycles. The Bertz CT molecular complexity index is 852. The molecule has 2 heterocycles. The maximum atomic E-state index is 3.47. The third-order valence-electron chi connectivity index (χ3n) is 5.50. The van der Waals surface area contributed by atoms with E-state index in [0.29, 0.717) is 0 Å². The zero-order valence-corrected chi connectivity index (χ0v) is 16.2. The molecule has 1 atom stereocenters. The van der Waals surface area contributed by atoms with Gasteiger partial charge in [0.1, 0.15) is 0 Å². The SMILES string of the molecule is Cc1ccc2c(c1)C(=C1CCN(C)CC1)C(C)(C1=CC=CCC#C1)S2. The molecule has 1 aliphatic carbocycles. The van der Waals surface area contributed by atoms with Crippen LogP contribution in [0.1, 0.15) is 37.3 Å². The summed E-state index contributed by atoms with van der Waals surface area (Å²) < 4.78 is -0.0664. The predicted molar refractivity (Wildman–Crippen MR) is 109 cm³/mol. The molecule has 1 fully saturated rings. The number of rotatable bonds is 1. The first kappa shape index (κ1) is 16.8. The fourth-order valence-electron chi connectivity index (χ4n) is 4.07. The van der Waals surface area contributed by atoms with Gasteiger partial charge >= 0.3 is 0 Å². The summed E-state index contributed by atoms with van der Waals surface area (Å²) in [5, 5.41) is 0. The van der Waals surface area contributed by atoms with Crippen LogP contribution in [0.25, 0.3) is 5.57 Å². The van der Waals surface area contributed by atoms with Crippen molar-refractivity contribution in [1.82, 2.24) is 4.90 Å². The molecular weight excluding hydrogens is 322 g/mol. The van der Waals surface area contributed by atoms with Crippen molar-refractivity contribution in [2.45, 2.75) is 42.8 Å². The van der Waals surface area contributed by atoms with Gasteiger partial charge in [0.25, 0.3) is 0 Å². The van der Waals surface area contributed by atoms with Gasteiger partial charge in [-0.05, 0) is 57.0 Å². The van der Waals surface area contributed by atoms with Crippen LogP contribution in [-0.4, -0.2) is 29.8 Å². The van der Waals surface area contributed by atoms with Crippen molar-refractivity contribution in [3.05, 3.63) is 58.7 Å². The van der Waals surface area contributed by atoms with E-state index in [-0.39, 0.29) is 4.75 Å². The normalized spacial score (nSPS) is 26.0. The molecule has 25 heavy (non-hydrogen) atoms. The Balaban J connectivity index is 1.89. The Morgan fingerprint density at radius 1 is 1.20 bits per heavy atom. The molecule has 1 unspecified atom stereocenters. The lowest BCUT2D eigenvalue weighted by Gasteiger charge is -2.32. The maximum absolute atomic E-state index is 3.47. The molecular formula is C23H25NS. The summed E-state index contributed by atoms with van der Waals surface area (Å²) in [5.74, 6) is 6.79. The summed E-state index contributed by atoms with van der Waals surface area (Å²) >= 11 is 1.99. The Kier molecular flexibility index (Phi) is 4.40. The molecule has 0 amide bonds. The van der Waals surface area contributed by atoms with Gasteiger partial charge in [0, 0.05) is 30.0 Å². The molecule has 0 saturated carbocycles. The minimum Gasteiger partial charge on any atom is -0.306 e. The summed E-state index contributed by atoms with van der Waals surface area (Å²) in [4.78, 5) is 3.85. The third kappa shape index (κ3) is 3.01. The Labute approximate surface area is 155 Å². The van der Waals surface area contributed by atoms with Crippen LogP contribution in [0.4, 0.5) is 0 Å². The van der Waals surface area contributed by atoms with Crippen LogP contribution in [0.2, 0.25) is 0 Å². The summed E-state index contributed by atoms with van der Waals surface area (Å²) in [6, 6.07) is 6.92. The van der Waals surface area contributed by atoms with Crippen molar-refractivity contribution in [1.29, 1.82) is 0 Å². The van der Waals surface area contributed by atoms with E-state index in [1.54, 1.807) is 11.1 Å². The molecule has 1 aromatic carbocycles. The van der Waals surface area contributed by atoms with Crippen LogP contribution >= 0.6 is 11.8 Å². The molecule has 1 aromatic rings. The molecule has 0 N–H and O–H groups in total. The molecule has 2 aliphatic heterocycles. The Hall–Kier alpha value is -1.69. The average molecular weight is 348 g/mol. The molecule has 3 aliphatic rings. The molecule has 4 rings (SSSR count). The molecule has 2 heteroatoms. The van der Waals surface area contributed by atoms with E-state index in [1.807, 2.05) is 11.8 Å².